The third-order valence-electron chi connectivity index (χ3n) is 1.55. The molecule has 0 aromatic rings. The number of terminal acetylenes is 1. The van der Waals surface area contributed by atoms with Crippen LogP contribution in [0.2, 0.25) is 0 Å². The molecular weight excluding hydrogens is 134 g/mol. The average Bonchev–Trinajstić information content (AvgIpc) is 2.01. The van der Waals surface area contributed by atoms with Gasteiger partial charge in [-0.2, -0.15) is 0 Å². The van der Waals surface area contributed by atoms with Gasteiger partial charge in [0, 0.05) is 6.42 Å². The van der Waals surface area contributed by atoms with E-state index < -0.39 is 0 Å². The molecule has 0 spiro atoms. The molecule has 62 valence electrons. The van der Waals surface area contributed by atoms with Gasteiger partial charge in [-0.1, -0.05) is 11.6 Å². The lowest BCUT2D eigenvalue weighted by atomic mass is 10.1. The van der Waals surface area contributed by atoms with E-state index in [4.69, 9.17) is 6.42 Å². The van der Waals surface area contributed by atoms with Gasteiger partial charge < -0.3 is 5.32 Å². The molecule has 1 nitrogen and oxygen atoms in total. The van der Waals surface area contributed by atoms with Crippen molar-refractivity contribution in [3.8, 4) is 12.3 Å². The monoisotopic (exact) mass is 151 g/mol. The number of hydrogen-bond acceptors (Lipinski definition) is 1. The van der Waals surface area contributed by atoms with E-state index in [0.29, 0.717) is 0 Å². The van der Waals surface area contributed by atoms with Crippen molar-refractivity contribution < 1.29 is 0 Å². The van der Waals surface area contributed by atoms with E-state index >= 15 is 0 Å². The van der Waals surface area contributed by atoms with E-state index in [0.717, 1.165) is 25.8 Å². The number of allylic oxidation sites excluding steroid dienone is 1. The Kier molecular flexibility index (Phi) is 6.87. The molecule has 0 rings (SSSR count). The molecule has 0 heterocycles. The van der Waals surface area contributed by atoms with Crippen molar-refractivity contribution in [3.05, 3.63) is 11.6 Å². The van der Waals surface area contributed by atoms with Crippen LogP contribution in [0.3, 0.4) is 0 Å². The van der Waals surface area contributed by atoms with Gasteiger partial charge >= 0.3 is 0 Å². The molecule has 0 aromatic carbocycles. The van der Waals surface area contributed by atoms with E-state index in [1.54, 1.807) is 0 Å². The van der Waals surface area contributed by atoms with E-state index in [1.165, 1.54) is 5.57 Å². The van der Waals surface area contributed by atoms with Crippen LogP contribution in [0.4, 0.5) is 0 Å². The fraction of sp³-hybridized carbons (Fsp3) is 0.600. The maximum Gasteiger partial charge on any atom is 0.0123 e. The smallest absolute Gasteiger partial charge is 0.0123 e. The zero-order valence-electron chi connectivity index (χ0n) is 7.48. The van der Waals surface area contributed by atoms with Crippen LogP contribution < -0.4 is 5.32 Å². The van der Waals surface area contributed by atoms with Crippen molar-refractivity contribution in [3.63, 3.8) is 0 Å². The molecule has 0 amide bonds. The third-order valence-corrected chi connectivity index (χ3v) is 1.55. The summed E-state index contributed by atoms with van der Waals surface area (Å²) in [5.74, 6) is 2.63. The summed E-state index contributed by atoms with van der Waals surface area (Å²) in [4.78, 5) is 0. The third kappa shape index (κ3) is 7.15. The highest BCUT2D eigenvalue weighted by atomic mass is 14.8. The molecule has 1 heteroatoms. The van der Waals surface area contributed by atoms with Crippen LogP contribution in [-0.2, 0) is 0 Å². The zero-order valence-corrected chi connectivity index (χ0v) is 7.48. The number of nitrogens with one attached hydrogen (secondary N) is 1. The van der Waals surface area contributed by atoms with Crippen LogP contribution in [0.25, 0.3) is 0 Å². The summed E-state index contributed by atoms with van der Waals surface area (Å²) in [6.45, 7) is 3.18. The Labute approximate surface area is 69.9 Å². The zero-order chi connectivity index (χ0) is 8.53. The topological polar surface area (TPSA) is 12.0 Å². The van der Waals surface area contributed by atoms with Gasteiger partial charge in [0.2, 0.25) is 0 Å². The second-order valence-electron chi connectivity index (χ2n) is 2.65. The predicted octanol–water partition coefficient (Wildman–Crippen LogP) is 1.96. The Hall–Kier alpha value is -0.740. The first kappa shape index (κ1) is 10.3. The van der Waals surface area contributed by atoms with Crippen LogP contribution in [-0.4, -0.2) is 13.6 Å². The predicted molar refractivity (Wildman–Crippen MR) is 50.4 cm³/mol. The molecule has 0 aliphatic heterocycles. The molecule has 11 heavy (non-hydrogen) atoms. The van der Waals surface area contributed by atoms with Crippen LogP contribution in [0.15, 0.2) is 11.6 Å². The summed E-state index contributed by atoms with van der Waals surface area (Å²) in [6.07, 6.45) is 10.4. The van der Waals surface area contributed by atoms with Crippen LogP contribution >= 0.6 is 0 Å². The summed E-state index contributed by atoms with van der Waals surface area (Å²) in [5, 5.41) is 3.09. The first-order valence-corrected chi connectivity index (χ1v) is 4.05. The van der Waals surface area contributed by atoms with Crippen LogP contribution in [0.5, 0.6) is 0 Å². The van der Waals surface area contributed by atoms with E-state index in [1.807, 2.05) is 7.05 Å². The summed E-state index contributed by atoms with van der Waals surface area (Å²) in [6, 6.07) is 0. The van der Waals surface area contributed by atoms with Gasteiger partial charge in [0.1, 0.15) is 0 Å². The number of rotatable bonds is 5. The average molecular weight is 151 g/mol. The molecular formula is C10H17N. The second kappa shape index (κ2) is 7.37. The molecule has 0 aliphatic carbocycles. The molecule has 1 N–H and O–H groups in total. The highest BCUT2D eigenvalue weighted by Gasteiger charge is 1.86. The maximum atomic E-state index is 5.14. The lowest BCUT2D eigenvalue weighted by Gasteiger charge is -1.97. The molecule has 0 radical (unpaired) electrons. The van der Waals surface area contributed by atoms with Crippen molar-refractivity contribution in [1.29, 1.82) is 0 Å². The Bertz CT molecular complexity index is 151. The van der Waals surface area contributed by atoms with Crippen LogP contribution in [0.1, 0.15) is 26.2 Å². The van der Waals surface area contributed by atoms with Crippen molar-refractivity contribution in [1.82, 2.24) is 5.32 Å². The van der Waals surface area contributed by atoms with Gasteiger partial charge in [-0.25, -0.2) is 0 Å². The highest BCUT2D eigenvalue weighted by Crippen LogP contribution is 2.03. The summed E-state index contributed by atoms with van der Waals surface area (Å²) >= 11 is 0. The lowest BCUT2D eigenvalue weighted by Crippen LogP contribution is -2.05. The fourth-order valence-electron chi connectivity index (χ4n) is 0.834. The lowest BCUT2D eigenvalue weighted by molar-refractivity contribution is 0.800. The molecule has 0 saturated carbocycles. The Morgan fingerprint density at radius 3 is 2.91 bits per heavy atom. The highest BCUT2D eigenvalue weighted by molar-refractivity contribution is 5.01. The molecule has 0 atom stereocenters. The van der Waals surface area contributed by atoms with Crippen molar-refractivity contribution in [2.75, 3.05) is 13.6 Å². The first-order chi connectivity index (χ1) is 5.31. The molecule has 0 bridgehead atoms. The largest absolute Gasteiger partial charge is 0.319 e. The summed E-state index contributed by atoms with van der Waals surface area (Å²) in [5.41, 5.74) is 1.40. The van der Waals surface area contributed by atoms with Gasteiger partial charge in [0.15, 0.2) is 0 Å². The SMILES string of the molecule is C#CCCC(C)=CCCNC. The standard InChI is InChI=1S/C10H17N/c1-4-5-7-10(2)8-6-9-11-3/h1,8,11H,5-7,9H2,2-3H3. The number of hydrogen-bond donors (Lipinski definition) is 1. The Morgan fingerprint density at radius 1 is 1.64 bits per heavy atom. The van der Waals surface area contributed by atoms with Crippen molar-refractivity contribution >= 4 is 0 Å². The molecule has 0 aromatic heterocycles. The molecule has 0 saturated heterocycles. The normalized spacial score (nSPS) is 11.2. The van der Waals surface area contributed by atoms with E-state index in [-0.39, 0.29) is 0 Å². The molecule has 0 fully saturated rings. The summed E-state index contributed by atoms with van der Waals surface area (Å²) in [7, 11) is 1.96. The quantitative estimate of drug-likeness (QED) is 0.360. The van der Waals surface area contributed by atoms with Crippen molar-refractivity contribution in [2.24, 2.45) is 0 Å². The molecule has 0 unspecified atom stereocenters. The second-order valence-corrected chi connectivity index (χ2v) is 2.65. The fourth-order valence-corrected chi connectivity index (χ4v) is 0.834. The van der Waals surface area contributed by atoms with Gasteiger partial charge in [0.25, 0.3) is 0 Å². The first-order valence-electron chi connectivity index (χ1n) is 4.05. The minimum absolute atomic E-state index is 0.863. The Morgan fingerprint density at radius 2 is 2.36 bits per heavy atom. The van der Waals surface area contributed by atoms with Gasteiger partial charge in [-0.05, 0) is 33.4 Å². The minimum Gasteiger partial charge on any atom is -0.319 e. The molecule has 0 aliphatic rings. The van der Waals surface area contributed by atoms with E-state index in [9.17, 15) is 0 Å². The minimum atomic E-state index is 0.863. The summed E-state index contributed by atoms with van der Waals surface area (Å²) < 4.78 is 0. The van der Waals surface area contributed by atoms with Gasteiger partial charge in [-0.15, -0.1) is 12.3 Å². The van der Waals surface area contributed by atoms with Crippen molar-refractivity contribution in [2.45, 2.75) is 26.2 Å². The maximum absolute atomic E-state index is 5.14. The Balaban J connectivity index is 3.39. The van der Waals surface area contributed by atoms with E-state index in [2.05, 4.69) is 24.2 Å². The van der Waals surface area contributed by atoms with Gasteiger partial charge in [0.05, 0.1) is 0 Å². The van der Waals surface area contributed by atoms with Gasteiger partial charge in [-0.3, -0.25) is 0 Å². The van der Waals surface area contributed by atoms with Crippen LogP contribution in [0, 0.1) is 12.3 Å².